The molecule has 2 aromatic rings. The first kappa shape index (κ1) is 15.9. The average Bonchev–Trinajstić information content (AvgIpc) is 2.73. The third-order valence-corrected chi connectivity index (χ3v) is 3.87. The van der Waals surface area contributed by atoms with Gasteiger partial charge in [0.15, 0.2) is 17.4 Å². The lowest BCUT2D eigenvalue weighted by molar-refractivity contribution is -0.121. The van der Waals surface area contributed by atoms with E-state index in [0.29, 0.717) is 16.0 Å². The summed E-state index contributed by atoms with van der Waals surface area (Å²) in [6.45, 7) is 3.63. The van der Waals surface area contributed by atoms with Crippen molar-refractivity contribution in [2.75, 3.05) is 4.90 Å². The Kier molecular flexibility index (Phi) is 3.67. The van der Waals surface area contributed by atoms with Gasteiger partial charge in [-0.3, -0.25) is 9.59 Å². The molecule has 3 rings (SSSR count). The number of hydrogen-bond acceptors (Lipinski definition) is 3. The van der Waals surface area contributed by atoms with Crippen molar-refractivity contribution in [2.24, 2.45) is 0 Å². The average molecular weight is 329 g/mol. The van der Waals surface area contributed by atoms with Gasteiger partial charge in [0, 0.05) is 6.07 Å². The highest BCUT2D eigenvalue weighted by molar-refractivity contribution is 6.45. The highest BCUT2D eigenvalue weighted by atomic mass is 19.2. The quantitative estimate of drug-likeness (QED) is 0.859. The zero-order valence-electron chi connectivity index (χ0n) is 12.9. The molecule has 0 spiro atoms. The molecule has 1 N–H and O–H groups in total. The lowest BCUT2D eigenvalue weighted by Gasteiger charge is -2.15. The van der Waals surface area contributed by atoms with Crippen LogP contribution in [0, 0.1) is 25.5 Å². The normalized spacial score (nSPS) is 14.8. The predicted molar refractivity (Wildman–Crippen MR) is 84.3 cm³/mol. The highest BCUT2D eigenvalue weighted by Crippen LogP contribution is 2.33. The summed E-state index contributed by atoms with van der Waals surface area (Å²) < 4.78 is 26.5. The minimum atomic E-state index is -1.19. The van der Waals surface area contributed by atoms with E-state index in [0.717, 1.165) is 23.8 Å². The number of aliphatic hydroxyl groups is 1. The molecule has 0 radical (unpaired) electrons. The van der Waals surface area contributed by atoms with Crippen molar-refractivity contribution in [3.05, 3.63) is 70.5 Å². The topological polar surface area (TPSA) is 57.6 Å². The number of benzene rings is 2. The number of amides is 2. The SMILES string of the molecule is Cc1ccc(C2=C(O)C(=O)N(c3ccc(F)c(F)c3)C2=O)c(C)c1. The second-order valence-electron chi connectivity index (χ2n) is 5.59. The molecular formula is C18H13F2NO3. The monoisotopic (exact) mass is 329 g/mol. The molecule has 0 saturated heterocycles. The van der Waals surface area contributed by atoms with E-state index >= 15 is 0 Å². The van der Waals surface area contributed by atoms with Gasteiger partial charge in [-0.05, 0) is 37.1 Å². The van der Waals surface area contributed by atoms with Gasteiger partial charge >= 0.3 is 5.91 Å². The standard InChI is InChI=1S/C18H13F2NO3/c1-9-3-5-12(10(2)7-9)15-16(22)18(24)21(17(15)23)11-4-6-13(19)14(20)8-11/h3-8,22H,1-2H3. The molecule has 0 bridgehead atoms. The van der Waals surface area contributed by atoms with Crippen LogP contribution in [0.1, 0.15) is 16.7 Å². The van der Waals surface area contributed by atoms with Gasteiger partial charge in [0.2, 0.25) is 0 Å². The van der Waals surface area contributed by atoms with Crippen LogP contribution in [0.25, 0.3) is 5.57 Å². The first-order chi connectivity index (χ1) is 11.3. The van der Waals surface area contributed by atoms with Gasteiger partial charge in [-0.15, -0.1) is 0 Å². The second-order valence-corrected chi connectivity index (χ2v) is 5.59. The molecule has 0 unspecified atom stereocenters. The summed E-state index contributed by atoms with van der Waals surface area (Å²) in [7, 11) is 0. The van der Waals surface area contributed by atoms with E-state index in [4.69, 9.17) is 0 Å². The van der Waals surface area contributed by atoms with Crippen molar-refractivity contribution in [1.82, 2.24) is 0 Å². The molecule has 0 fully saturated rings. The van der Waals surface area contributed by atoms with E-state index < -0.39 is 29.2 Å². The molecule has 0 saturated carbocycles. The smallest absolute Gasteiger partial charge is 0.301 e. The number of anilines is 1. The van der Waals surface area contributed by atoms with E-state index in [-0.39, 0.29) is 11.3 Å². The molecule has 122 valence electrons. The van der Waals surface area contributed by atoms with E-state index in [2.05, 4.69) is 0 Å². The largest absolute Gasteiger partial charge is 0.502 e. The van der Waals surface area contributed by atoms with Gasteiger partial charge < -0.3 is 5.11 Å². The van der Waals surface area contributed by atoms with Crippen molar-refractivity contribution < 1.29 is 23.5 Å². The summed E-state index contributed by atoms with van der Waals surface area (Å²) in [5, 5.41) is 10.1. The Morgan fingerprint density at radius 2 is 1.62 bits per heavy atom. The molecule has 0 aliphatic carbocycles. The van der Waals surface area contributed by atoms with Gasteiger partial charge in [-0.1, -0.05) is 23.8 Å². The Bertz CT molecular complexity index is 918. The van der Waals surface area contributed by atoms with Gasteiger partial charge in [0.1, 0.15) is 0 Å². The summed E-state index contributed by atoms with van der Waals surface area (Å²) in [6, 6.07) is 7.86. The number of halogens is 2. The minimum Gasteiger partial charge on any atom is -0.502 e. The molecule has 24 heavy (non-hydrogen) atoms. The number of aryl methyl sites for hydroxylation is 2. The van der Waals surface area contributed by atoms with Gasteiger partial charge in [0.25, 0.3) is 5.91 Å². The first-order valence-corrected chi connectivity index (χ1v) is 7.16. The maximum absolute atomic E-state index is 13.4. The summed E-state index contributed by atoms with van der Waals surface area (Å²) in [5.74, 6) is -4.75. The molecular weight excluding hydrogens is 316 g/mol. The summed E-state index contributed by atoms with van der Waals surface area (Å²) in [6.07, 6.45) is 0. The molecule has 4 nitrogen and oxygen atoms in total. The van der Waals surface area contributed by atoms with Crippen molar-refractivity contribution in [1.29, 1.82) is 0 Å². The summed E-state index contributed by atoms with van der Waals surface area (Å²) in [5.41, 5.74) is 1.80. The van der Waals surface area contributed by atoms with Crippen LogP contribution in [-0.2, 0) is 9.59 Å². The lowest BCUT2D eigenvalue weighted by atomic mass is 9.98. The number of carbonyl (C=O) groups is 2. The van der Waals surface area contributed by atoms with Crippen LogP contribution in [0.4, 0.5) is 14.5 Å². The fourth-order valence-corrected chi connectivity index (χ4v) is 2.71. The second kappa shape index (κ2) is 5.56. The van der Waals surface area contributed by atoms with E-state index in [1.807, 2.05) is 13.0 Å². The maximum Gasteiger partial charge on any atom is 0.301 e. The van der Waals surface area contributed by atoms with Crippen molar-refractivity contribution >= 4 is 23.1 Å². The predicted octanol–water partition coefficient (Wildman–Crippen LogP) is 3.42. The van der Waals surface area contributed by atoms with Crippen LogP contribution in [0.5, 0.6) is 0 Å². The zero-order chi connectivity index (χ0) is 17.6. The first-order valence-electron chi connectivity index (χ1n) is 7.16. The van der Waals surface area contributed by atoms with Gasteiger partial charge in [-0.2, -0.15) is 0 Å². The van der Waals surface area contributed by atoms with E-state index in [1.54, 1.807) is 19.1 Å². The molecule has 6 heteroatoms. The number of aliphatic hydroxyl groups excluding tert-OH is 1. The minimum absolute atomic E-state index is 0.143. The lowest BCUT2D eigenvalue weighted by Crippen LogP contribution is -2.31. The summed E-state index contributed by atoms with van der Waals surface area (Å²) in [4.78, 5) is 25.5. The van der Waals surface area contributed by atoms with Crippen molar-refractivity contribution in [3.63, 3.8) is 0 Å². The van der Waals surface area contributed by atoms with E-state index in [9.17, 15) is 23.5 Å². The van der Waals surface area contributed by atoms with Crippen LogP contribution in [0.2, 0.25) is 0 Å². The molecule has 2 aromatic carbocycles. The Morgan fingerprint density at radius 1 is 0.917 bits per heavy atom. The number of carbonyl (C=O) groups excluding carboxylic acids is 2. The van der Waals surface area contributed by atoms with Crippen LogP contribution >= 0.6 is 0 Å². The van der Waals surface area contributed by atoms with Crippen LogP contribution < -0.4 is 4.90 Å². The Balaban J connectivity index is 2.09. The highest BCUT2D eigenvalue weighted by Gasteiger charge is 2.40. The van der Waals surface area contributed by atoms with Gasteiger partial charge in [0.05, 0.1) is 11.3 Å². The van der Waals surface area contributed by atoms with E-state index in [1.165, 1.54) is 0 Å². The van der Waals surface area contributed by atoms with Gasteiger partial charge in [-0.25, -0.2) is 13.7 Å². The number of hydrogen-bond donors (Lipinski definition) is 1. The molecule has 1 aliphatic rings. The Hall–Kier alpha value is -3.02. The fourth-order valence-electron chi connectivity index (χ4n) is 2.71. The summed E-state index contributed by atoms with van der Waals surface area (Å²) >= 11 is 0. The fraction of sp³-hybridized carbons (Fsp3) is 0.111. The number of imide groups is 1. The van der Waals surface area contributed by atoms with Crippen molar-refractivity contribution in [3.8, 4) is 0 Å². The Labute approximate surface area is 136 Å². The molecule has 0 atom stereocenters. The number of nitrogens with zero attached hydrogens (tertiary/aromatic N) is 1. The van der Waals surface area contributed by atoms with Crippen molar-refractivity contribution in [2.45, 2.75) is 13.8 Å². The third kappa shape index (κ3) is 2.36. The maximum atomic E-state index is 13.4. The molecule has 0 aromatic heterocycles. The zero-order valence-corrected chi connectivity index (χ0v) is 12.9. The third-order valence-electron chi connectivity index (χ3n) is 3.87. The molecule has 1 aliphatic heterocycles. The van der Waals surface area contributed by atoms with Crippen LogP contribution in [0.3, 0.4) is 0 Å². The number of rotatable bonds is 2. The van der Waals surface area contributed by atoms with Crippen LogP contribution in [-0.4, -0.2) is 16.9 Å². The molecule has 1 heterocycles. The Morgan fingerprint density at radius 3 is 2.25 bits per heavy atom. The molecule has 2 amide bonds. The van der Waals surface area contributed by atoms with Crippen LogP contribution in [0.15, 0.2) is 42.2 Å².